The van der Waals surface area contributed by atoms with Gasteiger partial charge < -0.3 is 0 Å². The number of halogens is 1. The Kier molecular flexibility index (Phi) is 1.22. The Bertz CT molecular complexity index is 514. The summed E-state index contributed by atoms with van der Waals surface area (Å²) in [4.78, 5) is 0.00375. The van der Waals surface area contributed by atoms with E-state index in [1.54, 1.807) is 0 Å². The molecule has 4 unspecified atom stereocenters. The summed E-state index contributed by atoms with van der Waals surface area (Å²) in [6, 6.07) is 6.67. The zero-order valence-electron chi connectivity index (χ0n) is 8.92. The van der Waals surface area contributed by atoms with Crippen molar-refractivity contribution in [2.45, 2.75) is 30.6 Å². The zero-order chi connectivity index (χ0) is 10.4. The molecule has 0 saturated heterocycles. The van der Waals surface area contributed by atoms with Gasteiger partial charge in [-0.2, -0.15) is 0 Å². The number of alkyl halides is 1. The van der Waals surface area contributed by atoms with Gasteiger partial charge in [-0.1, -0.05) is 31.2 Å². The molecule has 4 aliphatic carbocycles. The molecule has 4 atom stereocenters. The van der Waals surface area contributed by atoms with Crippen LogP contribution in [0.3, 0.4) is 0 Å². The summed E-state index contributed by atoms with van der Waals surface area (Å²) in [7, 11) is 0. The summed E-state index contributed by atoms with van der Waals surface area (Å²) < 4.78 is 0. The summed E-state index contributed by atoms with van der Waals surface area (Å²) in [5, 5.41) is 0. The van der Waals surface area contributed by atoms with E-state index in [-0.39, 0.29) is 4.87 Å². The molecule has 1 aromatic rings. The molecule has 0 spiro atoms. The average Bonchev–Trinajstić information content (AvgIpc) is 2.76. The van der Waals surface area contributed by atoms with Gasteiger partial charge in [0.25, 0.3) is 0 Å². The van der Waals surface area contributed by atoms with Crippen molar-refractivity contribution in [3.63, 3.8) is 0 Å². The summed E-state index contributed by atoms with van der Waals surface area (Å²) in [5.74, 6) is 1.71. The van der Waals surface area contributed by atoms with E-state index in [9.17, 15) is 0 Å². The topological polar surface area (TPSA) is 0 Å². The quantitative estimate of drug-likeness (QED) is 0.458. The highest BCUT2D eigenvalue weighted by atomic mass is 35.5. The van der Waals surface area contributed by atoms with Gasteiger partial charge >= 0.3 is 0 Å². The number of allylic oxidation sites excluding steroid dienone is 2. The summed E-state index contributed by atoms with van der Waals surface area (Å²) in [6.07, 6.45) is 2.42. The average molecular weight is 217 g/mol. The van der Waals surface area contributed by atoms with Crippen LogP contribution < -0.4 is 0 Å². The Morgan fingerprint density at radius 3 is 2.80 bits per heavy atom. The molecule has 15 heavy (non-hydrogen) atoms. The molecule has 0 amide bonds. The maximum atomic E-state index is 6.72. The fraction of sp³-hybridized carbons (Fsp3) is 0.429. The number of hydrogen-bond acceptors (Lipinski definition) is 0. The molecule has 1 aromatic carbocycles. The number of benzene rings is 1. The highest BCUT2D eigenvalue weighted by molar-refractivity contribution is 6.32. The van der Waals surface area contributed by atoms with E-state index in [1.165, 1.54) is 22.3 Å². The second-order valence-corrected chi connectivity index (χ2v) is 5.84. The van der Waals surface area contributed by atoms with Crippen LogP contribution in [0.1, 0.15) is 35.4 Å². The van der Waals surface area contributed by atoms with E-state index < -0.39 is 0 Å². The minimum atomic E-state index is 0.00375. The van der Waals surface area contributed by atoms with Gasteiger partial charge in [0.05, 0.1) is 4.87 Å². The Labute approximate surface area is 94.9 Å². The third-order valence-electron chi connectivity index (χ3n) is 4.66. The third kappa shape index (κ3) is 0.691. The van der Waals surface area contributed by atoms with Crippen LogP contribution in [0.15, 0.2) is 29.8 Å². The van der Waals surface area contributed by atoms with Crippen molar-refractivity contribution in [2.75, 3.05) is 0 Å². The van der Waals surface area contributed by atoms with Gasteiger partial charge in [-0.25, -0.2) is 0 Å². The lowest BCUT2D eigenvalue weighted by molar-refractivity contribution is 0.473. The second-order valence-electron chi connectivity index (χ2n) is 5.22. The minimum absolute atomic E-state index is 0.00375. The highest BCUT2D eigenvalue weighted by Gasteiger charge is 2.70. The van der Waals surface area contributed by atoms with Crippen molar-refractivity contribution in [1.82, 2.24) is 0 Å². The van der Waals surface area contributed by atoms with Gasteiger partial charge in [0.1, 0.15) is 0 Å². The molecule has 4 bridgehead atoms. The van der Waals surface area contributed by atoms with Gasteiger partial charge in [-0.15, -0.1) is 11.6 Å². The first kappa shape index (κ1) is 8.41. The SMILES string of the molecule is Cc1cccc2c1C1C3=CC2C(C)C31Cl. The number of aryl methyl sites for hydroxylation is 1. The molecular formula is C14H13Cl. The van der Waals surface area contributed by atoms with Crippen molar-refractivity contribution in [3.05, 3.63) is 46.5 Å². The van der Waals surface area contributed by atoms with Crippen LogP contribution in [0, 0.1) is 12.8 Å². The fourth-order valence-electron chi connectivity index (χ4n) is 3.80. The van der Waals surface area contributed by atoms with Gasteiger partial charge in [-0.05, 0) is 35.1 Å². The van der Waals surface area contributed by atoms with Gasteiger partial charge in [0.2, 0.25) is 0 Å². The molecule has 0 N–H and O–H groups in total. The van der Waals surface area contributed by atoms with E-state index in [0.717, 1.165) is 0 Å². The predicted molar refractivity (Wildman–Crippen MR) is 62.5 cm³/mol. The normalized spacial score (nSPS) is 43.7. The zero-order valence-corrected chi connectivity index (χ0v) is 9.68. The largest absolute Gasteiger partial charge is 0.113 e. The van der Waals surface area contributed by atoms with Gasteiger partial charge in [0, 0.05) is 11.8 Å². The summed E-state index contributed by atoms with van der Waals surface area (Å²) in [6.45, 7) is 4.51. The molecule has 0 aliphatic heterocycles. The molecular weight excluding hydrogens is 204 g/mol. The van der Waals surface area contributed by atoms with Crippen molar-refractivity contribution in [2.24, 2.45) is 5.92 Å². The highest BCUT2D eigenvalue weighted by Crippen LogP contribution is 2.76. The molecule has 76 valence electrons. The molecule has 0 heterocycles. The van der Waals surface area contributed by atoms with Crippen LogP contribution in [-0.2, 0) is 0 Å². The Hall–Kier alpha value is -0.750. The molecule has 4 aliphatic rings. The van der Waals surface area contributed by atoms with Crippen LogP contribution in [0.4, 0.5) is 0 Å². The van der Waals surface area contributed by atoms with Crippen molar-refractivity contribution >= 4 is 11.6 Å². The standard InChI is InChI=1S/C14H13Cl/c1-7-4-3-5-9-10-6-11-13(12(7)9)14(11,15)8(10)2/h3-6,8,10,13H,1-2H3. The lowest BCUT2D eigenvalue weighted by atomic mass is 9.74. The summed E-state index contributed by atoms with van der Waals surface area (Å²) in [5.41, 5.74) is 5.99. The Balaban J connectivity index is 2.05. The maximum absolute atomic E-state index is 6.72. The molecule has 0 aromatic heterocycles. The van der Waals surface area contributed by atoms with Crippen LogP contribution in [-0.4, -0.2) is 4.87 Å². The Morgan fingerprint density at radius 2 is 2.13 bits per heavy atom. The lowest BCUT2D eigenvalue weighted by Crippen LogP contribution is -2.25. The molecule has 0 radical (unpaired) electrons. The van der Waals surface area contributed by atoms with Crippen molar-refractivity contribution in [1.29, 1.82) is 0 Å². The predicted octanol–water partition coefficient (Wildman–Crippen LogP) is 3.74. The van der Waals surface area contributed by atoms with Crippen LogP contribution >= 0.6 is 11.6 Å². The van der Waals surface area contributed by atoms with E-state index in [4.69, 9.17) is 11.6 Å². The fourth-order valence-corrected chi connectivity index (χ4v) is 4.28. The van der Waals surface area contributed by atoms with Crippen molar-refractivity contribution in [3.8, 4) is 0 Å². The van der Waals surface area contributed by atoms with Crippen LogP contribution in [0.5, 0.6) is 0 Å². The van der Waals surface area contributed by atoms with Crippen molar-refractivity contribution < 1.29 is 0 Å². The third-order valence-corrected chi connectivity index (χ3v) is 5.44. The molecule has 1 heteroatoms. The first-order valence-electron chi connectivity index (χ1n) is 5.66. The van der Waals surface area contributed by atoms with E-state index >= 15 is 0 Å². The second kappa shape index (κ2) is 2.17. The first-order valence-corrected chi connectivity index (χ1v) is 6.04. The first-order chi connectivity index (χ1) is 7.15. The smallest absolute Gasteiger partial charge is 0.0802 e. The van der Waals surface area contributed by atoms with Gasteiger partial charge in [-0.3, -0.25) is 0 Å². The lowest BCUT2D eigenvalue weighted by Gasteiger charge is -2.32. The van der Waals surface area contributed by atoms with Gasteiger partial charge in [0.15, 0.2) is 0 Å². The van der Waals surface area contributed by atoms with Crippen LogP contribution in [0.25, 0.3) is 0 Å². The molecule has 1 fully saturated rings. The maximum Gasteiger partial charge on any atom is 0.0802 e. The van der Waals surface area contributed by atoms with E-state index in [1.807, 2.05) is 0 Å². The minimum Gasteiger partial charge on any atom is -0.113 e. The Morgan fingerprint density at radius 1 is 1.33 bits per heavy atom. The molecule has 5 rings (SSSR count). The number of rotatable bonds is 0. The number of hydrogen-bond donors (Lipinski definition) is 0. The van der Waals surface area contributed by atoms with Crippen LogP contribution in [0.2, 0.25) is 0 Å². The van der Waals surface area contributed by atoms with E-state index in [2.05, 4.69) is 38.1 Å². The molecule has 1 saturated carbocycles. The molecule has 0 nitrogen and oxygen atoms in total. The van der Waals surface area contributed by atoms with E-state index in [0.29, 0.717) is 17.8 Å². The monoisotopic (exact) mass is 216 g/mol. The summed E-state index contributed by atoms with van der Waals surface area (Å²) >= 11 is 6.72.